The van der Waals surface area contributed by atoms with E-state index < -0.39 is 4.92 Å². The molecule has 0 bridgehead atoms. The van der Waals surface area contributed by atoms with Crippen LogP contribution >= 0.6 is 11.6 Å². The van der Waals surface area contributed by atoms with E-state index in [0.717, 1.165) is 5.56 Å². The van der Waals surface area contributed by atoms with Crippen LogP contribution in [0.3, 0.4) is 0 Å². The normalized spacial score (nSPS) is 10.2. The van der Waals surface area contributed by atoms with Crippen LogP contribution in [0, 0.1) is 17.0 Å². The third-order valence-corrected chi connectivity index (χ3v) is 2.35. The molecule has 5 nitrogen and oxygen atoms in total. The van der Waals surface area contributed by atoms with E-state index in [9.17, 15) is 10.1 Å². The lowest BCUT2D eigenvalue weighted by Crippen LogP contribution is -1.92. The molecule has 0 aliphatic heterocycles. The summed E-state index contributed by atoms with van der Waals surface area (Å²) in [6, 6.07) is 4.44. The van der Waals surface area contributed by atoms with Gasteiger partial charge in [0.2, 0.25) is 0 Å². The van der Waals surface area contributed by atoms with E-state index >= 15 is 0 Å². The summed E-state index contributed by atoms with van der Waals surface area (Å²) in [5, 5.41) is 10.8. The Morgan fingerprint density at radius 2 is 2.06 bits per heavy atom. The third kappa shape index (κ3) is 2.57. The van der Waals surface area contributed by atoms with Gasteiger partial charge in [0, 0.05) is 24.0 Å². The average molecular weight is 250 g/mol. The number of nitro groups is 1. The number of hydrogen-bond acceptors (Lipinski definition) is 4. The highest BCUT2D eigenvalue weighted by atomic mass is 35.5. The highest BCUT2D eigenvalue weighted by Gasteiger charge is 2.11. The zero-order chi connectivity index (χ0) is 12.4. The van der Waals surface area contributed by atoms with Gasteiger partial charge in [0.25, 0.3) is 5.69 Å². The summed E-state index contributed by atoms with van der Waals surface area (Å²) in [5.74, 6) is 0. The molecule has 0 aliphatic rings. The lowest BCUT2D eigenvalue weighted by molar-refractivity contribution is -0.384. The van der Waals surface area contributed by atoms with Crippen LogP contribution in [0.4, 0.5) is 5.69 Å². The molecule has 2 rings (SSSR count). The first kappa shape index (κ1) is 11.5. The van der Waals surface area contributed by atoms with Gasteiger partial charge in [-0.05, 0) is 18.6 Å². The van der Waals surface area contributed by atoms with Gasteiger partial charge in [0.1, 0.15) is 5.15 Å². The zero-order valence-electron chi connectivity index (χ0n) is 8.92. The summed E-state index contributed by atoms with van der Waals surface area (Å²) in [7, 11) is 0. The number of nitrogens with zero attached hydrogens (tertiary/aromatic N) is 3. The van der Waals surface area contributed by atoms with Crippen molar-refractivity contribution in [1.29, 1.82) is 0 Å². The number of hydrogen-bond donors (Lipinski definition) is 0. The summed E-state index contributed by atoms with van der Waals surface area (Å²) in [5.41, 5.74) is 2.02. The molecule has 0 saturated heterocycles. The Hall–Kier alpha value is -2.01. The largest absolute Gasteiger partial charge is 0.274 e. The molecule has 0 aromatic carbocycles. The Balaban J connectivity index is 2.56. The molecule has 0 aliphatic carbocycles. The van der Waals surface area contributed by atoms with Crippen molar-refractivity contribution < 1.29 is 4.92 Å². The van der Waals surface area contributed by atoms with E-state index in [0.29, 0.717) is 11.3 Å². The van der Waals surface area contributed by atoms with Gasteiger partial charge in [-0.15, -0.1) is 0 Å². The lowest BCUT2D eigenvalue weighted by Gasteiger charge is -2.02. The van der Waals surface area contributed by atoms with Crippen molar-refractivity contribution >= 4 is 17.3 Å². The van der Waals surface area contributed by atoms with Gasteiger partial charge in [-0.1, -0.05) is 11.6 Å². The summed E-state index contributed by atoms with van der Waals surface area (Å²) in [4.78, 5) is 18.3. The minimum atomic E-state index is -0.500. The van der Waals surface area contributed by atoms with Crippen LogP contribution in [0.15, 0.2) is 30.6 Å². The molecule has 2 aromatic heterocycles. The molecule has 0 spiro atoms. The van der Waals surface area contributed by atoms with Gasteiger partial charge in [-0.25, -0.2) is 4.98 Å². The van der Waals surface area contributed by atoms with E-state index in [1.54, 1.807) is 12.4 Å². The lowest BCUT2D eigenvalue weighted by atomic mass is 10.1. The first-order valence-corrected chi connectivity index (χ1v) is 5.18. The maximum absolute atomic E-state index is 10.7. The Bertz CT molecular complexity index is 587. The quantitative estimate of drug-likeness (QED) is 0.466. The highest BCUT2D eigenvalue weighted by Crippen LogP contribution is 2.24. The summed E-state index contributed by atoms with van der Waals surface area (Å²) >= 11 is 5.75. The van der Waals surface area contributed by atoms with Gasteiger partial charge in [-0.3, -0.25) is 15.1 Å². The van der Waals surface area contributed by atoms with Crippen molar-refractivity contribution in [3.63, 3.8) is 0 Å². The second-order valence-corrected chi connectivity index (χ2v) is 3.93. The molecule has 0 radical (unpaired) electrons. The number of aromatic nitrogens is 2. The molecule has 0 saturated carbocycles. The molecular formula is C11H8ClN3O2. The molecule has 2 aromatic rings. The number of rotatable bonds is 2. The minimum absolute atomic E-state index is 0.0819. The first-order chi connectivity index (χ1) is 8.06. The van der Waals surface area contributed by atoms with Gasteiger partial charge in [-0.2, -0.15) is 0 Å². The van der Waals surface area contributed by atoms with E-state index in [4.69, 9.17) is 11.6 Å². The number of pyridine rings is 2. The van der Waals surface area contributed by atoms with Crippen molar-refractivity contribution in [1.82, 2.24) is 9.97 Å². The third-order valence-electron chi connectivity index (χ3n) is 2.16. The second kappa shape index (κ2) is 4.47. The Labute approximate surface area is 102 Å². The molecule has 0 atom stereocenters. The van der Waals surface area contributed by atoms with Crippen LogP contribution in [-0.2, 0) is 0 Å². The van der Waals surface area contributed by atoms with Gasteiger partial charge >= 0.3 is 0 Å². The Kier molecular flexibility index (Phi) is 3.01. The van der Waals surface area contributed by atoms with E-state index in [-0.39, 0.29) is 10.8 Å². The standard InChI is InChI=1S/C11H8ClN3O2/c1-7-2-8(6-13-5-7)10-3-9(15(16)17)4-11(12)14-10/h2-6H,1H3. The topological polar surface area (TPSA) is 68.9 Å². The Morgan fingerprint density at radius 1 is 1.29 bits per heavy atom. The number of aryl methyl sites for hydroxylation is 1. The fraction of sp³-hybridized carbons (Fsp3) is 0.0909. The molecule has 0 fully saturated rings. The van der Waals surface area contributed by atoms with Crippen LogP contribution in [-0.4, -0.2) is 14.9 Å². The maximum Gasteiger partial charge on any atom is 0.274 e. The molecule has 0 amide bonds. The molecule has 2 heterocycles. The molecule has 6 heteroatoms. The Morgan fingerprint density at radius 3 is 2.71 bits per heavy atom. The van der Waals surface area contributed by atoms with Crippen LogP contribution in [0.2, 0.25) is 5.15 Å². The van der Waals surface area contributed by atoms with Crippen LogP contribution < -0.4 is 0 Å². The molecule has 17 heavy (non-hydrogen) atoms. The van der Waals surface area contributed by atoms with Gasteiger partial charge in [0.15, 0.2) is 0 Å². The van der Waals surface area contributed by atoms with E-state index in [2.05, 4.69) is 9.97 Å². The van der Waals surface area contributed by atoms with E-state index in [1.165, 1.54) is 12.1 Å². The van der Waals surface area contributed by atoms with Crippen molar-refractivity contribution in [2.24, 2.45) is 0 Å². The van der Waals surface area contributed by atoms with Crippen LogP contribution in [0.1, 0.15) is 5.56 Å². The molecule has 0 N–H and O–H groups in total. The summed E-state index contributed by atoms with van der Waals surface area (Å²) in [6.45, 7) is 1.88. The zero-order valence-corrected chi connectivity index (χ0v) is 9.68. The number of halogens is 1. The monoisotopic (exact) mass is 249 g/mol. The van der Waals surface area contributed by atoms with E-state index in [1.807, 2.05) is 13.0 Å². The van der Waals surface area contributed by atoms with Crippen LogP contribution in [0.5, 0.6) is 0 Å². The summed E-state index contributed by atoms with van der Waals surface area (Å²) in [6.07, 6.45) is 3.29. The molecular weight excluding hydrogens is 242 g/mol. The second-order valence-electron chi connectivity index (χ2n) is 3.54. The van der Waals surface area contributed by atoms with Crippen molar-refractivity contribution in [3.8, 4) is 11.3 Å². The van der Waals surface area contributed by atoms with Gasteiger partial charge in [0.05, 0.1) is 16.7 Å². The summed E-state index contributed by atoms with van der Waals surface area (Å²) < 4.78 is 0. The SMILES string of the molecule is Cc1cncc(-c2cc([N+](=O)[O-])cc(Cl)n2)c1. The maximum atomic E-state index is 10.7. The van der Waals surface area contributed by atoms with Crippen molar-refractivity contribution in [2.45, 2.75) is 6.92 Å². The minimum Gasteiger partial charge on any atom is -0.264 e. The van der Waals surface area contributed by atoms with Crippen LogP contribution in [0.25, 0.3) is 11.3 Å². The highest BCUT2D eigenvalue weighted by molar-refractivity contribution is 6.29. The smallest absolute Gasteiger partial charge is 0.264 e. The van der Waals surface area contributed by atoms with Crippen molar-refractivity contribution in [3.05, 3.63) is 51.4 Å². The average Bonchev–Trinajstić information content (AvgIpc) is 2.28. The fourth-order valence-electron chi connectivity index (χ4n) is 1.43. The first-order valence-electron chi connectivity index (χ1n) is 4.80. The predicted molar refractivity (Wildman–Crippen MR) is 63.9 cm³/mol. The van der Waals surface area contributed by atoms with Gasteiger partial charge < -0.3 is 0 Å². The predicted octanol–water partition coefficient (Wildman–Crippen LogP) is 3.01. The molecule has 0 unspecified atom stereocenters. The fourth-order valence-corrected chi connectivity index (χ4v) is 1.63. The van der Waals surface area contributed by atoms with Crippen molar-refractivity contribution in [2.75, 3.05) is 0 Å². The molecule has 86 valence electrons.